The topological polar surface area (TPSA) is 52.6 Å². The van der Waals surface area contributed by atoms with E-state index in [1.807, 2.05) is 38.4 Å². The molecule has 0 amide bonds. The first-order valence-electron chi connectivity index (χ1n) is 8.68. The Morgan fingerprint density at radius 3 is 2.38 bits per heavy atom. The summed E-state index contributed by atoms with van der Waals surface area (Å²) in [4.78, 5) is 12.6. The maximum absolute atomic E-state index is 10.5. The van der Waals surface area contributed by atoms with Gasteiger partial charge < -0.3 is 15.3 Å². The number of benzene rings is 2. The fourth-order valence-electron chi connectivity index (χ4n) is 2.64. The van der Waals surface area contributed by atoms with Crippen LogP contribution in [0.2, 0.25) is 0 Å². The first-order chi connectivity index (χ1) is 12.6. The number of carboxylic acids is 1. The van der Waals surface area contributed by atoms with Crippen molar-refractivity contribution >= 4 is 17.3 Å². The summed E-state index contributed by atoms with van der Waals surface area (Å²) in [6.07, 6.45) is 7.32. The van der Waals surface area contributed by atoms with Gasteiger partial charge in [-0.1, -0.05) is 48.6 Å². The molecule has 2 N–H and O–H groups in total. The first-order valence-corrected chi connectivity index (χ1v) is 8.68. The van der Waals surface area contributed by atoms with E-state index in [0.29, 0.717) is 5.92 Å². The SMILES string of the molecule is CN(C)c1ccc([C@H](CC=CC=CC(=O)O)CNc2ccccc2)cc1. The molecular formula is C22H26N2O2. The van der Waals surface area contributed by atoms with E-state index in [2.05, 4.69) is 46.6 Å². The van der Waals surface area contributed by atoms with Crippen LogP contribution in [0.5, 0.6) is 0 Å². The first kappa shape index (κ1) is 19.3. The second-order valence-corrected chi connectivity index (χ2v) is 6.29. The lowest BCUT2D eigenvalue weighted by atomic mass is 9.95. The number of allylic oxidation sites excluding steroid dienone is 3. The molecule has 2 aromatic carbocycles. The van der Waals surface area contributed by atoms with Crippen LogP contribution in [0.4, 0.5) is 11.4 Å². The van der Waals surface area contributed by atoms with Gasteiger partial charge in [0.25, 0.3) is 0 Å². The average Bonchev–Trinajstić information content (AvgIpc) is 2.64. The molecule has 0 unspecified atom stereocenters. The molecular weight excluding hydrogens is 324 g/mol. The maximum Gasteiger partial charge on any atom is 0.328 e. The van der Waals surface area contributed by atoms with E-state index in [1.165, 1.54) is 11.3 Å². The summed E-state index contributed by atoms with van der Waals surface area (Å²) >= 11 is 0. The van der Waals surface area contributed by atoms with Crippen LogP contribution in [0.1, 0.15) is 17.9 Å². The number of nitrogens with one attached hydrogen (secondary N) is 1. The van der Waals surface area contributed by atoms with Gasteiger partial charge in [-0.15, -0.1) is 0 Å². The second kappa shape index (κ2) is 10.1. The monoisotopic (exact) mass is 350 g/mol. The molecule has 0 aliphatic rings. The molecule has 0 aromatic heterocycles. The van der Waals surface area contributed by atoms with E-state index in [-0.39, 0.29) is 0 Å². The summed E-state index contributed by atoms with van der Waals surface area (Å²) in [7, 11) is 4.06. The summed E-state index contributed by atoms with van der Waals surface area (Å²) in [6, 6.07) is 18.7. The van der Waals surface area contributed by atoms with Crippen LogP contribution in [0.15, 0.2) is 78.9 Å². The minimum Gasteiger partial charge on any atom is -0.478 e. The number of hydrogen-bond donors (Lipinski definition) is 2. The van der Waals surface area contributed by atoms with Crippen molar-refractivity contribution in [2.24, 2.45) is 0 Å². The maximum atomic E-state index is 10.5. The number of rotatable bonds is 9. The number of anilines is 2. The van der Waals surface area contributed by atoms with Gasteiger partial charge in [0.2, 0.25) is 0 Å². The van der Waals surface area contributed by atoms with Crippen LogP contribution in [0.3, 0.4) is 0 Å². The van der Waals surface area contributed by atoms with Gasteiger partial charge in [-0.25, -0.2) is 4.79 Å². The zero-order chi connectivity index (χ0) is 18.8. The summed E-state index contributed by atoms with van der Waals surface area (Å²) < 4.78 is 0. The quantitative estimate of drug-likeness (QED) is 0.515. The average molecular weight is 350 g/mol. The number of nitrogens with zero attached hydrogens (tertiary/aromatic N) is 1. The third-order valence-electron chi connectivity index (χ3n) is 4.11. The van der Waals surface area contributed by atoms with Crippen LogP contribution < -0.4 is 10.2 Å². The molecule has 0 saturated carbocycles. The number of aliphatic carboxylic acids is 1. The Kier molecular flexibility index (Phi) is 7.49. The molecule has 4 heteroatoms. The molecule has 0 radical (unpaired) electrons. The van der Waals surface area contributed by atoms with Crippen molar-refractivity contribution in [1.29, 1.82) is 0 Å². The minimum atomic E-state index is -0.934. The highest BCUT2D eigenvalue weighted by Gasteiger charge is 2.10. The number of para-hydroxylation sites is 1. The van der Waals surface area contributed by atoms with Gasteiger partial charge >= 0.3 is 5.97 Å². The van der Waals surface area contributed by atoms with Gasteiger partial charge in [0.05, 0.1) is 0 Å². The number of hydrogen-bond acceptors (Lipinski definition) is 3. The molecule has 1 atom stereocenters. The molecule has 0 bridgehead atoms. The van der Waals surface area contributed by atoms with Crippen LogP contribution in [-0.2, 0) is 4.79 Å². The van der Waals surface area contributed by atoms with Crippen molar-refractivity contribution in [3.8, 4) is 0 Å². The number of carboxylic acid groups (broad SMARTS) is 1. The minimum absolute atomic E-state index is 0.292. The number of carbonyl (C=O) groups is 1. The van der Waals surface area contributed by atoms with Crippen LogP contribution >= 0.6 is 0 Å². The standard InChI is InChI=1S/C22H26N2O2/c1-24(2)21-15-13-18(14-16-21)19(9-5-3-8-12-22(25)26)17-23-20-10-6-4-7-11-20/h3-8,10-16,19,23H,9,17H2,1-2H3,(H,25,26)/t19-/m1/s1. The summed E-state index contributed by atoms with van der Waals surface area (Å²) in [5.74, 6) is -0.642. The molecule has 136 valence electrons. The van der Waals surface area contributed by atoms with E-state index in [4.69, 9.17) is 5.11 Å². The fourth-order valence-corrected chi connectivity index (χ4v) is 2.64. The van der Waals surface area contributed by atoms with Crippen molar-refractivity contribution in [3.05, 3.63) is 84.5 Å². The smallest absolute Gasteiger partial charge is 0.328 e. The summed E-state index contributed by atoms with van der Waals surface area (Å²) in [5.41, 5.74) is 3.52. The summed E-state index contributed by atoms with van der Waals surface area (Å²) in [5, 5.41) is 12.1. The van der Waals surface area contributed by atoms with Gasteiger partial charge in [0.1, 0.15) is 0 Å². The predicted molar refractivity (Wildman–Crippen MR) is 109 cm³/mol. The molecule has 26 heavy (non-hydrogen) atoms. The molecule has 0 aliphatic carbocycles. The van der Waals surface area contributed by atoms with Crippen molar-refractivity contribution in [3.63, 3.8) is 0 Å². The van der Waals surface area contributed by atoms with E-state index in [0.717, 1.165) is 24.7 Å². The lowest BCUT2D eigenvalue weighted by molar-refractivity contribution is -0.131. The lowest BCUT2D eigenvalue weighted by Gasteiger charge is -2.19. The van der Waals surface area contributed by atoms with Crippen molar-refractivity contribution in [2.45, 2.75) is 12.3 Å². The van der Waals surface area contributed by atoms with E-state index in [9.17, 15) is 4.79 Å². The normalized spacial score (nSPS) is 12.4. The zero-order valence-electron chi connectivity index (χ0n) is 15.3. The Morgan fingerprint density at radius 1 is 1.08 bits per heavy atom. The largest absolute Gasteiger partial charge is 0.478 e. The van der Waals surface area contributed by atoms with Crippen LogP contribution in [-0.4, -0.2) is 31.7 Å². The third kappa shape index (κ3) is 6.48. The van der Waals surface area contributed by atoms with Gasteiger partial charge in [0, 0.05) is 44.0 Å². The third-order valence-corrected chi connectivity index (χ3v) is 4.11. The lowest BCUT2D eigenvalue weighted by Crippen LogP contribution is -2.13. The molecule has 2 rings (SSSR count). The van der Waals surface area contributed by atoms with Gasteiger partial charge in [0.15, 0.2) is 0 Å². The van der Waals surface area contributed by atoms with Gasteiger partial charge in [-0.2, -0.15) is 0 Å². The molecule has 0 spiro atoms. The highest BCUT2D eigenvalue weighted by atomic mass is 16.4. The van der Waals surface area contributed by atoms with E-state index in [1.54, 1.807) is 12.2 Å². The molecule has 0 aliphatic heterocycles. The Morgan fingerprint density at radius 2 is 1.77 bits per heavy atom. The van der Waals surface area contributed by atoms with Crippen molar-refractivity contribution < 1.29 is 9.90 Å². The summed E-state index contributed by atoms with van der Waals surface area (Å²) in [6.45, 7) is 0.804. The van der Waals surface area contributed by atoms with Crippen molar-refractivity contribution in [2.75, 3.05) is 30.9 Å². The molecule has 4 nitrogen and oxygen atoms in total. The Hall–Kier alpha value is -3.01. The zero-order valence-corrected chi connectivity index (χ0v) is 15.3. The van der Waals surface area contributed by atoms with Crippen LogP contribution in [0, 0.1) is 0 Å². The molecule has 2 aromatic rings. The van der Waals surface area contributed by atoms with Crippen molar-refractivity contribution in [1.82, 2.24) is 0 Å². The van der Waals surface area contributed by atoms with E-state index >= 15 is 0 Å². The van der Waals surface area contributed by atoms with Gasteiger partial charge in [-0.3, -0.25) is 0 Å². The molecule has 0 fully saturated rings. The molecule has 0 heterocycles. The highest BCUT2D eigenvalue weighted by molar-refractivity contribution is 5.80. The second-order valence-electron chi connectivity index (χ2n) is 6.29. The predicted octanol–water partition coefficient (Wildman–Crippen LogP) is 4.54. The Balaban J connectivity index is 2.07. The van der Waals surface area contributed by atoms with Crippen LogP contribution in [0.25, 0.3) is 0 Å². The van der Waals surface area contributed by atoms with Gasteiger partial charge in [-0.05, 0) is 36.2 Å². The fraction of sp³-hybridized carbons (Fsp3) is 0.227. The Bertz CT molecular complexity index is 734. The van der Waals surface area contributed by atoms with E-state index < -0.39 is 5.97 Å². The Labute approximate surface area is 155 Å². The highest BCUT2D eigenvalue weighted by Crippen LogP contribution is 2.24. The molecule has 0 saturated heterocycles.